The maximum Gasteiger partial charge on any atom is 0.274 e. The summed E-state index contributed by atoms with van der Waals surface area (Å²) in [6, 6.07) is 11.6. The van der Waals surface area contributed by atoms with E-state index < -0.39 is 0 Å². The van der Waals surface area contributed by atoms with Gasteiger partial charge < -0.3 is 14.4 Å². The Labute approximate surface area is 158 Å². The summed E-state index contributed by atoms with van der Waals surface area (Å²) in [5.41, 5.74) is 1.47. The number of hydrogen-bond donors (Lipinski definition) is 1. The van der Waals surface area contributed by atoms with Crippen molar-refractivity contribution in [2.75, 3.05) is 7.05 Å². The van der Waals surface area contributed by atoms with Gasteiger partial charge in [-0.25, -0.2) is 0 Å². The van der Waals surface area contributed by atoms with Crippen LogP contribution in [0.4, 0.5) is 0 Å². The molecule has 0 aliphatic rings. The summed E-state index contributed by atoms with van der Waals surface area (Å²) in [5, 5.41) is 14.7. The number of nitrogens with zero attached hydrogens (tertiary/aromatic N) is 5. The molecule has 1 aromatic carbocycles. The molecule has 0 unspecified atom stereocenters. The van der Waals surface area contributed by atoms with Gasteiger partial charge in [0.05, 0.1) is 12.6 Å². The molecule has 0 saturated carbocycles. The fourth-order valence-corrected chi connectivity index (χ4v) is 2.89. The first-order valence-corrected chi connectivity index (χ1v) is 8.93. The lowest BCUT2D eigenvalue weighted by Gasteiger charge is -2.14. The predicted octanol–water partition coefficient (Wildman–Crippen LogP) is 2.41. The topological polar surface area (TPSA) is 89.1 Å². The van der Waals surface area contributed by atoms with Crippen molar-refractivity contribution in [3.63, 3.8) is 0 Å². The van der Waals surface area contributed by atoms with Gasteiger partial charge in [-0.15, -0.1) is 10.2 Å². The van der Waals surface area contributed by atoms with Crippen LogP contribution in [0, 0.1) is 0 Å². The average Bonchev–Trinajstić information content (AvgIpc) is 3.31. The molecule has 0 aliphatic carbocycles. The summed E-state index contributed by atoms with van der Waals surface area (Å²) in [7, 11) is 1.99. The summed E-state index contributed by atoms with van der Waals surface area (Å²) in [6.07, 6.45) is 1.65. The zero-order chi connectivity index (χ0) is 19.2. The molecule has 2 aromatic heterocycles. The number of carbonyl (C=O) groups is 1. The van der Waals surface area contributed by atoms with E-state index in [2.05, 4.69) is 37.7 Å². The molecule has 0 aliphatic heterocycles. The van der Waals surface area contributed by atoms with Crippen molar-refractivity contribution >= 4 is 5.91 Å². The van der Waals surface area contributed by atoms with Crippen LogP contribution in [0.25, 0.3) is 0 Å². The molecule has 1 atom stereocenters. The van der Waals surface area contributed by atoms with Crippen molar-refractivity contribution in [3.05, 3.63) is 65.6 Å². The van der Waals surface area contributed by atoms with Crippen molar-refractivity contribution in [2.24, 2.45) is 0 Å². The van der Waals surface area contributed by atoms with Gasteiger partial charge >= 0.3 is 0 Å². The number of aryl methyl sites for hydroxylation is 1. The molecule has 142 valence electrons. The second-order valence-corrected chi connectivity index (χ2v) is 6.51. The first kappa shape index (κ1) is 18.8. The second kappa shape index (κ2) is 8.59. The molecule has 3 rings (SSSR count). The summed E-state index contributed by atoms with van der Waals surface area (Å²) < 4.78 is 7.21. The van der Waals surface area contributed by atoms with E-state index in [0.29, 0.717) is 18.1 Å². The lowest BCUT2D eigenvalue weighted by molar-refractivity contribution is 0.0928. The third-order valence-corrected chi connectivity index (χ3v) is 4.23. The van der Waals surface area contributed by atoms with Gasteiger partial charge in [-0.2, -0.15) is 0 Å². The summed E-state index contributed by atoms with van der Waals surface area (Å²) in [6.45, 7) is 5.95. The fraction of sp³-hybridized carbons (Fsp3) is 0.368. The summed E-state index contributed by atoms with van der Waals surface area (Å²) in [5.74, 6) is 1.05. The Balaban J connectivity index is 1.57. The molecule has 27 heavy (non-hydrogen) atoms. The average molecular weight is 368 g/mol. The number of hydrogen-bond acceptors (Lipinski definition) is 6. The van der Waals surface area contributed by atoms with E-state index in [1.54, 1.807) is 12.4 Å². The number of rotatable bonds is 8. The summed E-state index contributed by atoms with van der Waals surface area (Å²) >= 11 is 0. The molecule has 8 nitrogen and oxygen atoms in total. The Bertz CT molecular complexity index is 873. The van der Waals surface area contributed by atoms with E-state index in [1.165, 1.54) is 5.56 Å². The van der Waals surface area contributed by atoms with E-state index in [1.807, 2.05) is 43.7 Å². The van der Waals surface area contributed by atoms with Gasteiger partial charge in [0.15, 0.2) is 17.3 Å². The maximum atomic E-state index is 12.4. The van der Waals surface area contributed by atoms with Gasteiger partial charge in [-0.1, -0.05) is 35.5 Å². The van der Waals surface area contributed by atoms with Gasteiger partial charge in [0.1, 0.15) is 6.33 Å². The molecule has 3 aromatic rings. The zero-order valence-electron chi connectivity index (χ0n) is 15.8. The minimum Gasteiger partial charge on any atom is -0.359 e. The Hall–Kier alpha value is -3.00. The number of amides is 1. The highest BCUT2D eigenvalue weighted by molar-refractivity contribution is 5.92. The lowest BCUT2D eigenvalue weighted by atomic mass is 10.2. The normalized spacial score (nSPS) is 12.3. The monoisotopic (exact) mass is 368 g/mol. The number of nitrogens with one attached hydrogen (secondary N) is 1. The Kier molecular flexibility index (Phi) is 5.97. The quantitative estimate of drug-likeness (QED) is 0.657. The molecule has 0 bridgehead atoms. The number of carbonyl (C=O) groups excluding carboxylic acids is 1. The molecular weight excluding hydrogens is 344 g/mol. The molecular formula is C19H24N6O2. The van der Waals surface area contributed by atoms with Crippen LogP contribution in [0.3, 0.4) is 0 Å². The largest absolute Gasteiger partial charge is 0.359 e. The van der Waals surface area contributed by atoms with Crippen LogP contribution < -0.4 is 5.32 Å². The predicted molar refractivity (Wildman–Crippen MR) is 99.7 cm³/mol. The van der Waals surface area contributed by atoms with E-state index in [9.17, 15) is 4.79 Å². The van der Waals surface area contributed by atoms with Crippen molar-refractivity contribution in [3.8, 4) is 0 Å². The van der Waals surface area contributed by atoms with Crippen molar-refractivity contribution < 1.29 is 9.32 Å². The van der Waals surface area contributed by atoms with Crippen LogP contribution in [-0.4, -0.2) is 37.8 Å². The molecule has 2 heterocycles. The molecule has 0 spiro atoms. The molecule has 0 saturated heterocycles. The van der Waals surface area contributed by atoms with Gasteiger partial charge in [0.25, 0.3) is 5.91 Å². The van der Waals surface area contributed by atoms with Crippen LogP contribution in [0.5, 0.6) is 0 Å². The standard InChI is InChI=1S/C19H24N6O2/c1-4-25-13-20-22-18(25)14(2)21-19(26)17-10-16(27-23-17)12-24(3)11-15-8-6-5-7-9-15/h5-10,13-14H,4,11-12H2,1-3H3,(H,21,26)/t14-/m0/s1. The number of benzene rings is 1. The van der Waals surface area contributed by atoms with Crippen LogP contribution in [0.15, 0.2) is 47.2 Å². The smallest absolute Gasteiger partial charge is 0.274 e. The third kappa shape index (κ3) is 4.79. The maximum absolute atomic E-state index is 12.4. The van der Waals surface area contributed by atoms with E-state index >= 15 is 0 Å². The molecule has 1 amide bonds. The minimum atomic E-state index is -0.297. The zero-order valence-corrected chi connectivity index (χ0v) is 15.8. The summed E-state index contributed by atoms with van der Waals surface area (Å²) in [4.78, 5) is 14.5. The Morgan fingerprint density at radius 3 is 2.81 bits per heavy atom. The van der Waals surface area contributed by atoms with Gasteiger partial charge in [-0.3, -0.25) is 9.69 Å². The van der Waals surface area contributed by atoms with Crippen LogP contribution >= 0.6 is 0 Å². The molecule has 0 radical (unpaired) electrons. The van der Waals surface area contributed by atoms with E-state index in [-0.39, 0.29) is 17.6 Å². The van der Waals surface area contributed by atoms with Crippen LogP contribution in [-0.2, 0) is 19.6 Å². The molecule has 0 fully saturated rings. The number of aromatic nitrogens is 4. The van der Waals surface area contributed by atoms with Crippen molar-refractivity contribution in [2.45, 2.75) is 39.5 Å². The van der Waals surface area contributed by atoms with Crippen molar-refractivity contribution in [1.82, 2.24) is 30.1 Å². The lowest BCUT2D eigenvalue weighted by Crippen LogP contribution is -2.28. The first-order valence-electron chi connectivity index (χ1n) is 8.93. The highest BCUT2D eigenvalue weighted by Crippen LogP contribution is 2.12. The SMILES string of the molecule is CCn1cnnc1[C@H](C)NC(=O)c1cc(CN(C)Cc2ccccc2)on1. The fourth-order valence-electron chi connectivity index (χ4n) is 2.89. The Morgan fingerprint density at radius 1 is 1.30 bits per heavy atom. The molecule has 1 N–H and O–H groups in total. The van der Waals surface area contributed by atoms with E-state index in [0.717, 1.165) is 13.1 Å². The van der Waals surface area contributed by atoms with Crippen LogP contribution in [0.2, 0.25) is 0 Å². The highest BCUT2D eigenvalue weighted by atomic mass is 16.5. The van der Waals surface area contributed by atoms with Crippen LogP contribution in [0.1, 0.15) is 47.5 Å². The second-order valence-electron chi connectivity index (χ2n) is 6.51. The van der Waals surface area contributed by atoms with Gasteiger partial charge in [-0.05, 0) is 26.5 Å². The van der Waals surface area contributed by atoms with Gasteiger partial charge in [0, 0.05) is 19.2 Å². The Morgan fingerprint density at radius 2 is 2.07 bits per heavy atom. The minimum absolute atomic E-state index is 0.257. The highest BCUT2D eigenvalue weighted by Gasteiger charge is 2.19. The first-order chi connectivity index (χ1) is 13.1. The van der Waals surface area contributed by atoms with Crippen molar-refractivity contribution in [1.29, 1.82) is 0 Å². The van der Waals surface area contributed by atoms with Gasteiger partial charge in [0.2, 0.25) is 0 Å². The van der Waals surface area contributed by atoms with E-state index in [4.69, 9.17) is 4.52 Å². The third-order valence-electron chi connectivity index (χ3n) is 4.23. The molecule has 8 heteroatoms.